The monoisotopic (exact) mass is 404 g/mol. The molecule has 0 aliphatic carbocycles. The van der Waals surface area contributed by atoms with Crippen molar-refractivity contribution >= 4 is 49.0 Å². The van der Waals surface area contributed by atoms with Crippen molar-refractivity contribution in [3.63, 3.8) is 0 Å². The highest BCUT2D eigenvalue weighted by molar-refractivity contribution is 9.11. The van der Waals surface area contributed by atoms with Gasteiger partial charge in [0.05, 0.1) is 20.2 Å². The van der Waals surface area contributed by atoms with Crippen LogP contribution in [0.25, 0.3) is 0 Å². The van der Waals surface area contributed by atoms with Crippen LogP contribution in [0, 0.1) is 0 Å². The predicted molar refractivity (Wildman–Crippen MR) is 82.5 cm³/mol. The zero-order valence-electron chi connectivity index (χ0n) is 9.98. The first-order valence-corrected chi connectivity index (χ1v) is 7.75. The van der Waals surface area contributed by atoms with E-state index in [0.717, 1.165) is 14.0 Å². The number of ether oxygens (including phenoxy) is 2. The summed E-state index contributed by atoms with van der Waals surface area (Å²) >= 11 is 8.10. The van der Waals surface area contributed by atoms with Crippen LogP contribution in [-0.4, -0.2) is 19.5 Å². The van der Waals surface area contributed by atoms with Crippen molar-refractivity contribution in [2.75, 3.05) is 13.7 Å². The SMILES string of the molecule is COc1ccc(OCC(=O)c2ccc(Br)s2)c(Br)c1. The van der Waals surface area contributed by atoms with Gasteiger partial charge in [-0.2, -0.15) is 0 Å². The number of carbonyl (C=O) groups is 1. The highest BCUT2D eigenvalue weighted by atomic mass is 79.9. The van der Waals surface area contributed by atoms with E-state index in [1.165, 1.54) is 11.3 Å². The molecule has 0 unspecified atom stereocenters. The van der Waals surface area contributed by atoms with Gasteiger partial charge in [0.25, 0.3) is 0 Å². The van der Waals surface area contributed by atoms with Crippen molar-refractivity contribution in [1.82, 2.24) is 0 Å². The van der Waals surface area contributed by atoms with Gasteiger partial charge in [-0.05, 0) is 62.2 Å². The summed E-state index contributed by atoms with van der Waals surface area (Å²) < 4.78 is 12.3. The van der Waals surface area contributed by atoms with E-state index < -0.39 is 0 Å². The Morgan fingerprint density at radius 2 is 2.05 bits per heavy atom. The third-order valence-corrected chi connectivity index (χ3v) is 4.63. The van der Waals surface area contributed by atoms with E-state index >= 15 is 0 Å². The minimum atomic E-state index is -0.0431. The van der Waals surface area contributed by atoms with Gasteiger partial charge in [-0.3, -0.25) is 4.79 Å². The van der Waals surface area contributed by atoms with Crippen LogP contribution in [0.2, 0.25) is 0 Å². The molecular weight excluding hydrogens is 396 g/mol. The van der Waals surface area contributed by atoms with Crippen LogP contribution in [0.5, 0.6) is 11.5 Å². The number of hydrogen-bond donors (Lipinski definition) is 0. The van der Waals surface area contributed by atoms with Gasteiger partial charge in [-0.15, -0.1) is 11.3 Å². The molecule has 0 amide bonds. The smallest absolute Gasteiger partial charge is 0.210 e. The minimum absolute atomic E-state index is 0.0118. The normalized spacial score (nSPS) is 10.3. The summed E-state index contributed by atoms with van der Waals surface area (Å²) in [4.78, 5) is 12.6. The molecule has 1 aromatic carbocycles. The molecule has 0 radical (unpaired) electrons. The van der Waals surface area contributed by atoms with E-state index in [1.54, 1.807) is 31.4 Å². The zero-order chi connectivity index (χ0) is 13.8. The molecule has 1 heterocycles. The van der Waals surface area contributed by atoms with Crippen molar-refractivity contribution in [3.8, 4) is 11.5 Å². The molecule has 0 fully saturated rings. The van der Waals surface area contributed by atoms with Crippen LogP contribution in [0.4, 0.5) is 0 Å². The second-order valence-corrected chi connectivity index (χ2v) is 6.93. The van der Waals surface area contributed by atoms with Crippen LogP contribution in [-0.2, 0) is 0 Å². The average Bonchev–Trinajstić information content (AvgIpc) is 2.83. The van der Waals surface area contributed by atoms with Gasteiger partial charge >= 0.3 is 0 Å². The van der Waals surface area contributed by atoms with Gasteiger partial charge in [0.2, 0.25) is 5.78 Å². The van der Waals surface area contributed by atoms with Gasteiger partial charge in [-0.1, -0.05) is 0 Å². The highest BCUT2D eigenvalue weighted by Crippen LogP contribution is 2.29. The van der Waals surface area contributed by atoms with Crippen LogP contribution in [0.15, 0.2) is 38.6 Å². The number of thiophene rings is 1. The largest absolute Gasteiger partial charge is 0.497 e. The Hall–Kier alpha value is -0.850. The molecule has 3 nitrogen and oxygen atoms in total. The van der Waals surface area contributed by atoms with E-state index in [0.29, 0.717) is 10.6 Å². The van der Waals surface area contributed by atoms with Crippen molar-refractivity contribution in [2.45, 2.75) is 0 Å². The Bertz CT molecular complexity index is 595. The van der Waals surface area contributed by atoms with Gasteiger partial charge in [-0.25, -0.2) is 0 Å². The third-order valence-electron chi connectivity index (χ3n) is 2.35. The Labute approximate surface area is 131 Å². The lowest BCUT2D eigenvalue weighted by Gasteiger charge is -2.08. The maximum Gasteiger partial charge on any atom is 0.210 e. The first kappa shape index (κ1) is 14.6. The molecule has 1 aromatic heterocycles. The first-order valence-electron chi connectivity index (χ1n) is 5.35. The molecule has 100 valence electrons. The molecule has 0 atom stereocenters. The first-order chi connectivity index (χ1) is 9.10. The number of rotatable bonds is 5. The summed E-state index contributed by atoms with van der Waals surface area (Å²) in [5.74, 6) is 1.30. The number of benzene rings is 1. The average molecular weight is 406 g/mol. The summed E-state index contributed by atoms with van der Waals surface area (Å²) in [5.41, 5.74) is 0. The van der Waals surface area contributed by atoms with Crippen LogP contribution in [0.1, 0.15) is 9.67 Å². The van der Waals surface area contributed by atoms with E-state index in [4.69, 9.17) is 9.47 Å². The van der Waals surface area contributed by atoms with Crippen LogP contribution in [0.3, 0.4) is 0 Å². The van der Waals surface area contributed by atoms with Gasteiger partial charge in [0.15, 0.2) is 6.61 Å². The Kier molecular flexibility index (Phi) is 5.01. The minimum Gasteiger partial charge on any atom is -0.497 e. The molecule has 2 aromatic rings. The van der Waals surface area contributed by atoms with Crippen molar-refractivity contribution < 1.29 is 14.3 Å². The number of hydrogen-bond acceptors (Lipinski definition) is 4. The molecule has 0 aliphatic rings. The fourth-order valence-electron chi connectivity index (χ4n) is 1.40. The predicted octanol–water partition coefficient (Wildman–Crippen LogP) is 4.54. The van der Waals surface area contributed by atoms with Gasteiger partial charge < -0.3 is 9.47 Å². The van der Waals surface area contributed by atoms with E-state index in [9.17, 15) is 4.79 Å². The number of carbonyl (C=O) groups excluding carboxylic acids is 1. The molecule has 0 N–H and O–H groups in total. The Morgan fingerprint density at radius 3 is 2.63 bits per heavy atom. The fraction of sp³-hybridized carbons (Fsp3) is 0.154. The standard InChI is InChI=1S/C13H10Br2O3S/c1-17-8-2-3-11(9(14)6-8)18-7-10(16)12-4-5-13(15)19-12/h2-6H,7H2,1H3. The van der Waals surface area contributed by atoms with Gasteiger partial charge in [0, 0.05) is 0 Å². The second kappa shape index (κ2) is 6.54. The second-order valence-electron chi connectivity index (χ2n) is 3.61. The van der Waals surface area contributed by atoms with Crippen molar-refractivity contribution in [1.29, 1.82) is 0 Å². The Balaban J connectivity index is 2.01. The maximum absolute atomic E-state index is 11.9. The van der Waals surface area contributed by atoms with Crippen LogP contribution < -0.4 is 9.47 Å². The van der Waals surface area contributed by atoms with E-state index in [-0.39, 0.29) is 12.4 Å². The number of Topliss-reactive ketones (excluding diaryl/α,β-unsaturated/α-hetero) is 1. The molecule has 0 bridgehead atoms. The summed E-state index contributed by atoms with van der Waals surface area (Å²) in [5, 5.41) is 0. The van der Waals surface area contributed by atoms with Crippen molar-refractivity contribution in [3.05, 3.63) is 43.5 Å². The van der Waals surface area contributed by atoms with E-state index in [2.05, 4.69) is 31.9 Å². The molecule has 0 aliphatic heterocycles. The maximum atomic E-state index is 11.9. The lowest BCUT2D eigenvalue weighted by molar-refractivity contribution is 0.0925. The summed E-state index contributed by atoms with van der Waals surface area (Å²) in [7, 11) is 1.60. The summed E-state index contributed by atoms with van der Waals surface area (Å²) in [6, 6.07) is 8.97. The molecule has 0 saturated heterocycles. The quantitative estimate of drug-likeness (QED) is 0.685. The number of ketones is 1. The fourth-order valence-corrected chi connectivity index (χ4v) is 3.19. The summed E-state index contributed by atoms with van der Waals surface area (Å²) in [6.07, 6.45) is 0. The Morgan fingerprint density at radius 1 is 1.26 bits per heavy atom. The third kappa shape index (κ3) is 3.81. The molecular formula is C13H10Br2O3S. The lowest BCUT2D eigenvalue weighted by atomic mass is 10.3. The van der Waals surface area contributed by atoms with Crippen LogP contribution >= 0.6 is 43.2 Å². The highest BCUT2D eigenvalue weighted by Gasteiger charge is 2.11. The number of methoxy groups -OCH3 is 1. The molecule has 0 spiro atoms. The van der Waals surface area contributed by atoms with E-state index in [1.807, 2.05) is 6.07 Å². The topological polar surface area (TPSA) is 35.5 Å². The molecule has 2 rings (SSSR count). The zero-order valence-corrected chi connectivity index (χ0v) is 14.0. The lowest BCUT2D eigenvalue weighted by Crippen LogP contribution is -2.10. The molecule has 6 heteroatoms. The van der Waals surface area contributed by atoms with Crippen molar-refractivity contribution in [2.24, 2.45) is 0 Å². The number of halogens is 2. The summed E-state index contributed by atoms with van der Waals surface area (Å²) in [6.45, 7) is 0.0118. The molecule has 19 heavy (non-hydrogen) atoms. The molecule has 0 saturated carbocycles. The van der Waals surface area contributed by atoms with Gasteiger partial charge in [0.1, 0.15) is 11.5 Å².